The van der Waals surface area contributed by atoms with Crippen LogP contribution in [0.3, 0.4) is 0 Å². The van der Waals surface area contributed by atoms with Crippen molar-refractivity contribution in [1.82, 2.24) is 8.61 Å². The highest BCUT2D eigenvalue weighted by atomic mass is 32.2. The normalized spacial score (nSPS) is 18.5. The van der Waals surface area contributed by atoms with Crippen molar-refractivity contribution in [2.75, 3.05) is 31.5 Å². The number of hydrogen-bond donors (Lipinski definition) is 1. The van der Waals surface area contributed by atoms with Gasteiger partial charge in [-0.1, -0.05) is 25.0 Å². The first-order valence-electron chi connectivity index (χ1n) is 11.7. The van der Waals surface area contributed by atoms with Gasteiger partial charge in [-0.3, -0.25) is 4.79 Å². The van der Waals surface area contributed by atoms with Crippen LogP contribution in [0.1, 0.15) is 54.4 Å². The number of hydrogen-bond acceptors (Lipinski definition) is 5. The van der Waals surface area contributed by atoms with Crippen molar-refractivity contribution in [1.29, 1.82) is 0 Å². The second-order valence-corrected chi connectivity index (χ2v) is 12.7. The van der Waals surface area contributed by atoms with Gasteiger partial charge in [-0.2, -0.15) is 8.61 Å². The van der Waals surface area contributed by atoms with Crippen molar-refractivity contribution in [2.24, 2.45) is 0 Å². The Morgan fingerprint density at radius 1 is 0.765 bits per heavy atom. The molecule has 0 aliphatic carbocycles. The van der Waals surface area contributed by atoms with E-state index >= 15 is 0 Å². The average Bonchev–Trinajstić information content (AvgIpc) is 3.23. The molecule has 0 bridgehead atoms. The molecule has 2 aromatic rings. The number of sulfonamides is 2. The molecule has 1 N–H and O–H groups in total. The minimum atomic E-state index is -3.68. The zero-order valence-electron chi connectivity index (χ0n) is 19.4. The SMILES string of the molecule is Cc1ccc(NC(=O)c2cccc(S(=O)(=O)N3CCCC3)c2)cc1S(=O)(=O)N1CCCCCC1. The lowest BCUT2D eigenvalue weighted by atomic mass is 10.2. The molecule has 4 rings (SSSR count). The number of carbonyl (C=O) groups excluding carboxylic acids is 1. The van der Waals surface area contributed by atoms with Gasteiger partial charge in [-0.15, -0.1) is 0 Å². The number of nitrogens with one attached hydrogen (secondary N) is 1. The average molecular weight is 506 g/mol. The van der Waals surface area contributed by atoms with Crippen LogP contribution in [0, 0.1) is 6.92 Å². The van der Waals surface area contributed by atoms with E-state index in [9.17, 15) is 21.6 Å². The molecule has 2 heterocycles. The van der Waals surface area contributed by atoms with Crippen molar-refractivity contribution in [3.63, 3.8) is 0 Å². The largest absolute Gasteiger partial charge is 0.322 e. The number of nitrogens with zero attached hydrogens (tertiary/aromatic N) is 2. The van der Waals surface area contributed by atoms with Gasteiger partial charge in [0.05, 0.1) is 9.79 Å². The minimum Gasteiger partial charge on any atom is -0.322 e. The Hall–Kier alpha value is -2.27. The molecule has 184 valence electrons. The fourth-order valence-electron chi connectivity index (χ4n) is 4.46. The van der Waals surface area contributed by atoms with Gasteiger partial charge in [0.25, 0.3) is 5.91 Å². The molecule has 2 aromatic carbocycles. The summed E-state index contributed by atoms with van der Waals surface area (Å²) in [5.74, 6) is -0.500. The van der Waals surface area contributed by atoms with E-state index in [0.29, 0.717) is 37.4 Å². The number of amides is 1. The number of rotatable bonds is 6. The van der Waals surface area contributed by atoms with Crippen LogP contribution < -0.4 is 5.32 Å². The van der Waals surface area contributed by atoms with E-state index in [0.717, 1.165) is 38.5 Å². The standard InChI is InChI=1S/C24H31N3O5S2/c1-19-11-12-21(18-23(19)34(31,32)27-13-4-2-3-5-14-27)25-24(28)20-9-8-10-22(17-20)33(29,30)26-15-6-7-16-26/h8-12,17-18H,2-7,13-16H2,1H3,(H,25,28). The zero-order valence-corrected chi connectivity index (χ0v) is 21.0. The molecular formula is C24H31N3O5S2. The topological polar surface area (TPSA) is 104 Å². The maximum atomic E-state index is 13.3. The highest BCUT2D eigenvalue weighted by Crippen LogP contribution is 2.27. The van der Waals surface area contributed by atoms with E-state index in [-0.39, 0.29) is 15.4 Å². The Kier molecular flexibility index (Phi) is 7.42. The molecule has 2 aliphatic rings. The predicted octanol–water partition coefficient (Wildman–Crippen LogP) is 3.60. The second kappa shape index (κ2) is 10.2. The van der Waals surface area contributed by atoms with Crippen LogP contribution in [0.25, 0.3) is 0 Å². The molecule has 0 spiro atoms. The van der Waals surface area contributed by atoms with E-state index < -0.39 is 26.0 Å². The first-order chi connectivity index (χ1) is 16.2. The van der Waals surface area contributed by atoms with Gasteiger partial charge in [0.1, 0.15) is 0 Å². The van der Waals surface area contributed by atoms with Gasteiger partial charge in [0, 0.05) is 37.4 Å². The second-order valence-electron chi connectivity index (χ2n) is 8.89. The number of carbonyl (C=O) groups is 1. The fourth-order valence-corrected chi connectivity index (χ4v) is 7.79. The quantitative estimate of drug-likeness (QED) is 0.646. The van der Waals surface area contributed by atoms with Gasteiger partial charge in [-0.25, -0.2) is 16.8 Å². The van der Waals surface area contributed by atoms with E-state index in [1.807, 2.05) is 0 Å². The zero-order chi connectivity index (χ0) is 24.3. The summed E-state index contributed by atoms with van der Waals surface area (Å²) in [5, 5.41) is 2.73. The Bertz CT molecular complexity index is 1260. The van der Waals surface area contributed by atoms with Gasteiger partial charge >= 0.3 is 0 Å². The van der Waals surface area contributed by atoms with E-state index in [1.54, 1.807) is 31.2 Å². The molecule has 0 unspecified atom stereocenters. The Morgan fingerprint density at radius 2 is 1.35 bits per heavy atom. The van der Waals surface area contributed by atoms with Gasteiger partial charge < -0.3 is 5.32 Å². The minimum absolute atomic E-state index is 0.0791. The highest BCUT2D eigenvalue weighted by Gasteiger charge is 2.29. The summed E-state index contributed by atoms with van der Waals surface area (Å²) in [5.41, 5.74) is 1.15. The Labute approximate surface area is 202 Å². The Morgan fingerprint density at radius 3 is 2.00 bits per heavy atom. The molecule has 0 aromatic heterocycles. The van der Waals surface area contributed by atoms with Gasteiger partial charge in [-0.05, 0) is 68.5 Å². The third-order valence-corrected chi connectivity index (χ3v) is 10.4. The smallest absolute Gasteiger partial charge is 0.255 e. The van der Waals surface area contributed by atoms with Crippen LogP contribution in [-0.4, -0.2) is 57.5 Å². The summed E-state index contributed by atoms with van der Waals surface area (Å²) in [4.78, 5) is 13.2. The fraction of sp³-hybridized carbons (Fsp3) is 0.458. The van der Waals surface area contributed by atoms with Crippen molar-refractivity contribution in [2.45, 2.75) is 55.2 Å². The monoisotopic (exact) mass is 505 g/mol. The lowest BCUT2D eigenvalue weighted by molar-refractivity contribution is 0.102. The number of aryl methyl sites for hydroxylation is 1. The molecule has 2 aliphatic heterocycles. The van der Waals surface area contributed by atoms with E-state index in [1.165, 1.54) is 26.8 Å². The summed E-state index contributed by atoms with van der Waals surface area (Å²) in [6, 6.07) is 10.8. The molecule has 0 saturated carbocycles. The van der Waals surface area contributed by atoms with Crippen molar-refractivity contribution >= 4 is 31.6 Å². The third-order valence-electron chi connectivity index (χ3n) is 6.43. The summed E-state index contributed by atoms with van der Waals surface area (Å²) < 4.78 is 55.3. The summed E-state index contributed by atoms with van der Waals surface area (Å²) in [6.07, 6.45) is 5.38. The van der Waals surface area contributed by atoms with Crippen LogP contribution in [0.15, 0.2) is 52.3 Å². The van der Waals surface area contributed by atoms with Gasteiger partial charge in [0.15, 0.2) is 0 Å². The molecule has 2 fully saturated rings. The first kappa shape index (κ1) is 24.8. The van der Waals surface area contributed by atoms with Gasteiger partial charge in [0.2, 0.25) is 20.0 Å². The molecule has 1 amide bonds. The Balaban J connectivity index is 1.56. The first-order valence-corrected chi connectivity index (χ1v) is 14.6. The van der Waals surface area contributed by atoms with Crippen molar-refractivity contribution in [3.8, 4) is 0 Å². The van der Waals surface area contributed by atoms with Crippen LogP contribution in [0.4, 0.5) is 5.69 Å². The maximum Gasteiger partial charge on any atom is 0.255 e. The van der Waals surface area contributed by atoms with Crippen LogP contribution in [-0.2, 0) is 20.0 Å². The van der Waals surface area contributed by atoms with Crippen LogP contribution >= 0.6 is 0 Å². The molecule has 0 radical (unpaired) electrons. The highest BCUT2D eigenvalue weighted by molar-refractivity contribution is 7.89. The number of benzene rings is 2. The molecule has 34 heavy (non-hydrogen) atoms. The molecule has 2 saturated heterocycles. The number of anilines is 1. The third kappa shape index (κ3) is 5.19. The maximum absolute atomic E-state index is 13.3. The lowest BCUT2D eigenvalue weighted by Crippen LogP contribution is -2.32. The summed E-state index contributed by atoms with van der Waals surface area (Å²) in [7, 11) is -7.32. The lowest BCUT2D eigenvalue weighted by Gasteiger charge is -2.21. The van der Waals surface area contributed by atoms with Crippen molar-refractivity contribution in [3.05, 3.63) is 53.6 Å². The molecular weight excluding hydrogens is 474 g/mol. The summed E-state index contributed by atoms with van der Waals surface area (Å²) in [6.45, 7) is 3.70. The molecule has 8 nitrogen and oxygen atoms in total. The predicted molar refractivity (Wildman–Crippen MR) is 131 cm³/mol. The van der Waals surface area contributed by atoms with E-state index in [2.05, 4.69) is 5.32 Å². The van der Waals surface area contributed by atoms with E-state index in [4.69, 9.17) is 0 Å². The molecule has 0 atom stereocenters. The van der Waals surface area contributed by atoms with Crippen LogP contribution in [0.2, 0.25) is 0 Å². The van der Waals surface area contributed by atoms with Crippen LogP contribution in [0.5, 0.6) is 0 Å². The summed E-state index contributed by atoms with van der Waals surface area (Å²) >= 11 is 0. The van der Waals surface area contributed by atoms with Crippen molar-refractivity contribution < 1.29 is 21.6 Å². The molecule has 10 heteroatoms.